The maximum atomic E-state index is 9.06. The van der Waals surface area contributed by atoms with Crippen molar-refractivity contribution in [3.63, 3.8) is 0 Å². The van der Waals surface area contributed by atoms with Crippen LogP contribution in [0.15, 0.2) is 30.3 Å². The minimum Gasteiger partial charge on any atom is -0.306 e. The number of nitrogens with zero attached hydrogens (tertiary/aromatic N) is 3. The third-order valence-electron chi connectivity index (χ3n) is 4.04. The van der Waals surface area contributed by atoms with Crippen LogP contribution >= 0.6 is 0 Å². The molecule has 1 heterocycles. The highest BCUT2D eigenvalue weighted by molar-refractivity contribution is 5.20. The lowest BCUT2D eigenvalue weighted by Gasteiger charge is -2.29. The summed E-state index contributed by atoms with van der Waals surface area (Å²) in [5.74, 6) is 0.736. The zero-order valence-corrected chi connectivity index (χ0v) is 11.9. The maximum absolute atomic E-state index is 9.06. The first-order valence-electron chi connectivity index (χ1n) is 7.01. The van der Waals surface area contributed by atoms with Crippen molar-refractivity contribution in [3.8, 4) is 6.07 Å². The first-order valence-corrected chi connectivity index (χ1v) is 7.01. The van der Waals surface area contributed by atoms with Crippen molar-refractivity contribution in [2.45, 2.75) is 18.9 Å². The van der Waals surface area contributed by atoms with Gasteiger partial charge in [0.05, 0.1) is 12.5 Å². The van der Waals surface area contributed by atoms with E-state index in [0.29, 0.717) is 6.42 Å². The van der Waals surface area contributed by atoms with Crippen LogP contribution in [0.4, 0.5) is 0 Å². The Morgan fingerprint density at radius 2 is 2.16 bits per heavy atom. The fraction of sp³-hybridized carbons (Fsp3) is 0.562. The van der Waals surface area contributed by atoms with Crippen molar-refractivity contribution >= 4 is 0 Å². The normalized spacial score (nSPS) is 21.5. The fourth-order valence-corrected chi connectivity index (χ4v) is 3.00. The molecular formula is C16H23N3. The summed E-state index contributed by atoms with van der Waals surface area (Å²) < 4.78 is 0. The van der Waals surface area contributed by atoms with Crippen LogP contribution in [-0.2, 0) is 0 Å². The van der Waals surface area contributed by atoms with Gasteiger partial charge in [0.25, 0.3) is 0 Å². The number of hydrogen-bond donors (Lipinski definition) is 0. The molecular weight excluding hydrogens is 234 g/mol. The van der Waals surface area contributed by atoms with E-state index in [1.165, 1.54) is 25.1 Å². The molecule has 3 nitrogen and oxygen atoms in total. The van der Waals surface area contributed by atoms with Crippen molar-refractivity contribution < 1.29 is 0 Å². The minimum absolute atomic E-state index is 0.220. The quantitative estimate of drug-likeness (QED) is 0.812. The molecule has 0 N–H and O–H groups in total. The van der Waals surface area contributed by atoms with E-state index in [9.17, 15) is 0 Å². The fourth-order valence-electron chi connectivity index (χ4n) is 3.00. The number of hydrogen-bond acceptors (Lipinski definition) is 3. The molecule has 1 aromatic rings. The number of nitriles is 1. The van der Waals surface area contributed by atoms with Gasteiger partial charge in [-0.25, -0.2) is 0 Å². The zero-order chi connectivity index (χ0) is 13.7. The molecule has 2 rings (SSSR count). The lowest BCUT2D eigenvalue weighted by molar-refractivity contribution is 0.209. The average molecular weight is 257 g/mol. The maximum Gasteiger partial charge on any atom is 0.0641 e. The zero-order valence-electron chi connectivity index (χ0n) is 11.9. The highest BCUT2D eigenvalue weighted by Gasteiger charge is 2.24. The third-order valence-corrected chi connectivity index (χ3v) is 4.04. The summed E-state index contributed by atoms with van der Waals surface area (Å²) in [6.45, 7) is 3.46. The Balaban J connectivity index is 2.01. The second kappa shape index (κ2) is 6.70. The van der Waals surface area contributed by atoms with Gasteiger partial charge in [-0.3, -0.25) is 4.90 Å². The summed E-state index contributed by atoms with van der Waals surface area (Å²) in [4.78, 5) is 4.74. The Hall–Kier alpha value is -1.37. The van der Waals surface area contributed by atoms with E-state index < -0.39 is 0 Å². The van der Waals surface area contributed by atoms with E-state index in [-0.39, 0.29) is 6.04 Å². The van der Waals surface area contributed by atoms with Gasteiger partial charge in [0.2, 0.25) is 0 Å². The summed E-state index contributed by atoms with van der Waals surface area (Å²) >= 11 is 0. The van der Waals surface area contributed by atoms with Crippen molar-refractivity contribution in [2.75, 3.05) is 33.7 Å². The largest absolute Gasteiger partial charge is 0.306 e. The van der Waals surface area contributed by atoms with E-state index in [4.69, 9.17) is 5.26 Å². The van der Waals surface area contributed by atoms with Gasteiger partial charge in [0.15, 0.2) is 0 Å². The smallest absolute Gasteiger partial charge is 0.0641 e. The molecule has 1 saturated heterocycles. The third kappa shape index (κ3) is 3.79. The van der Waals surface area contributed by atoms with Gasteiger partial charge in [-0.05, 0) is 38.5 Å². The van der Waals surface area contributed by atoms with Crippen molar-refractivity contribution in [3.05, 3.63) is 35.9 Å². The highest BCUT2D eigenvalue weighted by Crippen LogP contribution is 2.25. The summed E-state index contributed by atoms with van der Waals surface area (Å²) in [5, 5.41) is 9.06. The van der Waals surface area contributed by atoms with Crippen LogP contribution in [-0.4, -0.2) is 43.5 Å². The molecule has 0 aliphatic carbocycles. The molecule has 1 aromatic carbocycles. The number of benzene rings is 1. The summed E-state index contributed by atoms with van der Waals surface area (Å²) in [5.41, 5.74) is 1.25. The SMILES string of the molecule is CN1CCC(CN(C)C(CC#N)c2ccccc2)C1. The van der Waals surface area contributed by atoms with E-state index >= 15 is 0 Å². The van der Waals surface area contributed by atoms with Crippen LogP contribution in [0.1, 0.15) is 24.4 Å². The second-order valence-electron chi connectivity index (χ2n) is 5.65. The lowest BCUT2D eigenvalue weighted by atomic mass is 10.0. The highest BCUT2D eigenvalue weighted by atomic mass is 15.2. The molecule has 0 bridgehead atoms. The monoisotopic (exact) mass is 257 g/mol. The van der Waals surface area contributed by atoms with Crippen molar-refractivity contribution in [1.29, 1.82) is 5.26 Å². The molecule has 1 fully saturated rings. The second-order valence-corrected chi connectivity index (χ2v) is 5.65. The molecule has 0 aromatic heterocycles. The average Bonchev–Trinajstić information content (AvgIpc) is 2.82. The van der Waals surface area contributed by atoms with E-state index in [1.54, 1.807) is 0 Å². The molecule has 0 amide bonds. The van der Waals surface area contributed by atoms with Crippen LogP contribution in [0.2, 0.25) is 0 Å². The molecule has 3 heteroatoms. The molecule has 19 heavy (non-hydrogen) atoms. The first-order chi connectivity index (χ1) is 9.20. The standard InChI is InChI=1S/C16H23N3/c1-18-11-9-14(12-18)13-19(2)16(8-10-17)15-6-4-3-5-7-15/h3-7,14,16H,8-9,11-13H2,1-2H3. The Labute approximate surface area is 116 Å². The van der Waals surface area contributed by atoms with E-state index in [2.05, 4.69) is 54.2 Å². The Bertz CT molecular complexity index is 423. The molecule has 2 atom stereocenters. The van der Waals surface area contributed by atoms with Crippen LogP contribution in [0.5, 0.6) is 0 Å². The van der Waals surface area contributed by atoms with Gasteiger partial charge >= 0.3 is 0 Å². The van der Waals surface area contributed by atoms with Gasteiger partial charge in [0.1, 0.15) is 0 Å². The summed E-state index contributed by atoms with van der Waals surface area (Å²) in [6, 6.07) is 12.9. The van der Waals surface area contributed by atoms with E-state index in [1.807, 2.05) is 6.07 Å². The van der Waals surface area contributed by atoms with Crippen LogP contribution in [0.3, 0.4) is 0 Å². The summed E-state index contributed by atoms with van der Waals surface area (Å²) in [6.07, 6.45) is 1.83. The molecule has 2 unspecified atom stereocenters. The minimum atomic E-state index is 0.220. The molecule has 1 aliphatic rings. The number of rotatable bonds is 5. The van der Waals surface area contributed by atoms with Gasteiger partial charge in [-0.1, -0.05) is 30.3 Å². The lowest BCUT2D eigenvalue weighted by Crippen LogP contribution is -2.31. The molecule has 0 radical (unpaired) electrons. The van der Waals surface area contributed by atoms with Gasteiger partial charge in [0, 0.05) is 19.1 Å². The molecule has 0 saturated carbocycles. The Kier molecular flexibility index (Phi) is 4.95. The van der Waals surface area contributed by atoms with Crippen molar-refractivity contribution in [2.24, 2.45) is 5.92 Å². The topological polar surface area (TPSA) is 30.3 Å². The first kappa shape index (κ1) is 14.0. The van der Waals surface area contributed by atoms with Crippen molar-refractivity contribution in [1.82, 2.24) is 9.80 Å². The number of likely N-dealkylation sites (tertiary alicyclic amines) is 1. The van der Waals surface area contributed by atoms with Crippen LogP contribution in [0, 0.1) is 17.2 Å². The van der Waals surface area contributed by atoms with Gasteiger partial charge in [-0.15, -0.1) is 0 Å². The molecule has 0 spiro atoms. The van der Waals surface area contributed by atoms with Gasteiger partial charge < -0.3 is 4.90 Å². The molecule has 1 aliphatic heterocycles. The summed E-state index contributed by atoms with van der Waals surface area (Å²) in [7, 11) is 4.33. The van der Waals surface area contributed by atoms with Crippen LogP contribution in [0.25, 0.3) is 0 Å². The predicted molar refractivity (Wildman–Crippen MR) is 77.6 cm³/mol. The van der Waals surface area contributed by atoms with E-state index in [0.717, 1.165) is 12.5 Å². The molecule has 102 valence electrons. The van der Waals surface area contributed by atoms with Gasteiger partial charge in [-0.2, -0.15) is 5.26 Å². The Morgan fingerprint density at radius 1 is 1.42 bits per heavy atom. The predicted octanol–water partition coefficient (Wildman–Crippen LogP) is 2.52. The van der Waals surface area contributed by atoms with Crippen LogP contribution < -0.4 is 0 Å². The Morgan fingerprint density at radius 3 is 2.74 bits per heavy atom.